The zero-order chi connectivity index (χ0) is 21.4. The molecule has 1 N–H and O–H groups in total. The maximum Gasteiger partial charge on any atom is 0.253 e. The number of amides is 1. The number of carbonyl (C=O) groups is 1. The van der Waals surface area contributed by atoms with Gasteiger partial charge in [-0.25, -0.2) is 4.39 Å². The van der Waals surface area contributed by atoms with Crippen LogP contribution in [0.3, 0.4) is 0 Å². The minimum atomic E-state index is -0.301. The Morgan fingerprint density at radius 3 is 2.35 bits per heavy atom. The van der Waals surface area contributed by atoms with E-state index in [-0.39, 0.29) is 17.8 Å². The number of aromatic nitrogens is 2. The second-order valence-electron chi connectivity index (χ2n) is 7.75. The Bertz CT molecular complexity index is 1230. The van der Waals surface area contributed by atoms with Crippen molar-refractivity contribution in [1.29, 1.82) is 0 Å². The van der Waals surface area contributed by atoms with E-state index in [1.54, 1.807) is 24.5 Å². The van der Waals surface area contributed by atoms with Crippen molar-refractivity contribution in [3.8, 4) is 22.4 Å². The highest BCUT2D eigenvalue weighted by Crippen LogP contribution is 2.43. The molecule has 0 saturated carbocycles. The van der Waals surface area contributed by atoms with Crippen LogP contribution in [0.2, 0.25) is 0 Å². The molecule has 1 aliphatic heterocycles. The molecule has 1 amide bonds. The first-order chi connectivity index (χ1) is 15.1. The fourth-order valence-electron chi connectivity index (χ4n) is 4.51. The molecule has 5 heteroatoms. The van der Waals surface area contributed by atoms with Crippen molar-refractivity contribution in [1.82, 2.24) is 14.9 Å². The van der Waals surface area contributed by atoms with Crippen LogP contribution in [0.5, 0.6) is 0 Å². The van der Waals surface area contributed by atoms with Crippen LogP contribution in [-0.2, 0) is 6.42 Å². The molecule has 1 atom stereocenters. The molecule has 0 saturated heterocycles. The minimum Gasteiger partial charge on any atom is -0.352 e. The molecule has 4 aromatic rings. The Morgan fingerprint density at radius 1 is 0.935 bits per heavy atom. The van der Waals surface area contributed by atoms with E-state index in [0.29, 0.717) is 12.1 Å². The average molecular weight is 411 g/mol. The average Bonchev–Trinajstić information content (AvgIpc) is 3.17. The summed E-state index contributed by atoms with van der Waals surface area (Å²) in [6, 6.07) is 20.6. The van der Waals surface area contributed by atoms with Crippen molar-refractivity contribution >= 4 is 5.91 Å². The molecule has 0 bridgehead atoms. The number of nitrogens with zero attached hydrogens (tertiary/aromatic N) is 2. The summed E-state index contributed by atoms with van der Waals surface area (Å²) in [4.78, 5) is 17.3. The van der Waals surface area contributed by atoms with Crippen molar-refractivity contribution in [3.05, 3.63) is 102 Å². The molecule has 154 valence electrons. The first-order valence-electron chi connectivity index (χ1n) is 10.4. The number of hydrogen-bond donors (Lipinski definition) is 1. The molecule has 3 heterocycles. The number of fused-ring (bicyclic) bond motifs is 1. The van der Waals surface area contributed by atoms with Crippen LogP contribution in [0.15, 0.2) is 79.1 Å². The molecule has 5 rings (SSSR count). The number of hydrogen-bond acceptors (Lipinski definition) is 2. The van der Waals surface area contributed by atoms with Crippen LogP contribution in [-0.4, -0.2) is 22.0 Å². The fourth-order valence-corrected chi connectivity index (χ4v) is 4.51. The van der Waals surface area contributed by atoms with Gasteiger partial charge in [0.15, 0.2) is 0 Å². The maximum atomic E-state index is 13.7. The standard InChI is InChI=1S/C26H22FN3O/c1-17(18-5-3-2-4-6-18)30-22-13-16-29-26(31)24(22)23(19-7-9-21(27)10-8-19)25(30)20-11-14-28-15-12-20/h2-12,14-15,17H,13,16H2,1H3,(H,29,31). The Kier molecular flexibility index (Phi) is 4.86. The first-order valence-corrected chi connectivity index (χ1v) is 10.4. The summed E-state index contributed by atoms with van der Waals surface area (Å²) in [7, 11) is 0. The number of pyridine rings is 1. The molecule has 0 fully saturated rings. The van der Waals surface area contributed by atoms with Crippen molar-refractivity contribution in [2.75, 3.05) is 6.54 Å². The zero-order valence-electron chi connectivity index (χ0n) is 17.2. The smallest absolute Gasteiger partial charge is 0.253 e. The summed E-state index contributed by atoms with van der Waals surface area (Å²) in [5.74, 6) is -0.389. The highest BCUT2D eigenvalue weighted by molar-refractivity contribution is 6.07. The topological polar surface area (TPSA) is 46.9 Å². The van der Waals surface area contributed by atoms with Gasteiger partial charge in [0.05, 0.1) is 17.3 Å². The number of nitrogens with one attached hydrogen (secondary N) is 1. The molecule has 0 spiro atoms. The van der Waals surface area contributed by atoms with E-state index in [1.165, 1.54) is 12.1 Å². The van der Waals surface area contributed by atoms with Gasteiger partial charge in [-0.05, 0) is 42.3 Å². The normalized spacial score (nSPS) is 14.1. The molecule has 1 aliphatic rings. The van der Waals surface area contributed by atoms with Gasteiger partial charge in [0.2, 0.25) is 0 Å². The van der Waals surface area contributed by atoms with E-state index in [2.05, 4.69) is 33.9 Å². The molecular formula is C26H22FN3O. The van der Waals surface area contributed by atoms with E-state index in [9.17, 15) is 9.18 Å². The van der Waals surface area contributed by atoms with Crippen LogP contribution in [0.1, 0.15) is 34.6 Å². The van der Waals surface area contributed by atoms with Crippen LogP contribution in [0, 0.1) is 5.82 Å². The van der Waals surface area contributed by atoms with E-state index >= 15 is 0 Å². The summed E-state index contributed by atoms with van der Waals surface area (Å²) >= 11 is 0. The van der Waals surface area contributed by atoms with Crippen molar-refractivity contribution in [2.24, 2.45) is 0 Å². The summed E-state index contributed by atoms with van der Waals surface area (Å²) in [6.07, 6.45) is 4.25. The monoisotopic (exact) mass is 411 g/mol. The third-order valence-electron chi connectivity index (χ3n) is 5.94. The predicted molar refractivity (Wildman–Crippen MR) is 119 cm³/mol. The largest absolute Gasteiger partial charge is 0.352 e. The quantitative estimate of drug-likeness (QED) is 0.498. The van der Waals surface area contributed by atoms with Gasteiger partial charge in [0, 0.05) is 42.2 Å². The van der Waals surface area contributed by atoms with Gasteiger partial charge < -0.3 is 9.88 Å². The van der Waals surface area contributed by atoms with E-state index in [0.717, 1.165) is 40.1 Å². The van der Waals surface area contributed by atoms with E-state index in [4.69, 9.17) is 0 Å². The number of rotatable bonds is 4. The van der Waals surface area contributed by atoms with Gasteiger partial charge in [0.25, 0.3) is 5.91 Å². The van der Waals surface area contributed by atoms with E-state index in [1.807, 2.05) is 30.3 Å². The van der Waals surface area contributed by atoms with Crippen LogP contribution in [0.4, 0.5) is 4.39 Å². The summed E-state index contributed by atoms with van der Waals surface area (Å²) in [6.45, 7) is 2.75. The fraction of sp³-hybridized carbons (Fsp3) is 0.154. The van der Waals surface area contributed by atoms with Crippen molar-refractivity contribution in [3.63, 3.8) is 0 Å². The molecule has 1 unspecified atom stereocenters. The maximum absolute atomic E-state index is 13.7. The molecule has 2 aromatic carbocycles. The van der Waals surface area contributed by atoms with Crippen LogP contribution in [0.25, 0.3) is 22.4 Å². The van der Waals surface area contributed by atoms with Gasteiger partial charge >= 0.3 is 0 Å². The Morgan fingerprint density at radius 2 is 1.65 bits per heavy atom. The molecule has 31 heavy (non-hydrogen) atoms. The lowest BCUT2D eigenvalue weighted by Gasteiger charge is -2.23. The van der Waals surface area contributed by atoms with Gasteiger partial charge in [-0.15, -0.1) is 0 Å². The van der Waals surface area contributed by atoms with Crippen LogP contribution < -0.4 is 5.32 Å². The Hall–Kier alpha value is -3.73. The highest BCUT2D eigenvalue weighted by atomic mass is 19.1. The molecule has 4 nitrogen and oxygen atoms in total. The van der Waals surface area contributed by atoms with Crippen molar-refractivity contribution in [2.45, 2.75) is 19.4 Å². The Balaban J connectivity index is 1.87. The summed E-state index contributed by atoms with van der Waals surface area (Å²) < 4.78 is 16.0. The van der Waals surface area contributed by atoms with Gasteiger partial charge in [0.1, 0.15) is 5.82 Å². The lowest BCUT2D eigenvalue weighted by atomic mass is 9.95. The molecule has 0 radical (unpaired) electrons. The third kappa shape index (κ3) is 3.32. The summed E-state index contributed by atoms with van der Waals surface area (Å²) in [5.41, 5.74) is 6.42. The van der Waals surface area contributed by atoms with Crippen LogP contribution >= 0.6 is 0 Å². The lowest BCUT2D eigenvalue weighted by Crippen LogP contribution is -2.33. The number of benzene rings is 2. The number of carbonyl (C=O) groups excluding carboxylic acids is 1. The summed E-state index contributed by atoms with van der Waals surface area (Å²) in [5, 5.41) is 2.99. The molecule has 2 aromatic heterocycles. The van der Waals surface area contributed by atoms with Gasteiger partial charge in [-0.1, -0.05) is 42.5 Å². The molecular weight excluding hydrogens is 389 g/mol. The predicted octanol–water partition coefficient (Wildman–Crippen LogP) is 5.25. The SMILES string of the molecule is CC(c1ccccc1)n1c2c(c(-c3ccc(F)cc3)c1-c1ccncc1)C(=O)NCC2. The van der Waals surface area contributed by atoms with E-state index < -0.39 is 0 Å². The lowest BCUT2D eigenvalue weighted by molar-refractivity contribution is 0.0946. The number of halogens is 1. The minimum absolute atomic E-state index is 0.0122. The Labute approximate surface area is 180 Å². The highest BCUT2D eigenvalue weighted by Gasteiger charge is 2.33. The second-order valence-corrected chi connectivity index (χ2v) is 7.75. The van der Waals surface area contributed by atoms with Gasteiger partial charge in [-0.2, -0.15) is 0 Å². The third-order valence-corrected chi connectivity index (χ3v) is 5.94. The zero-order valence-corrected chi connectivity index (χ0v) is 17.2. The first kappa shape index (κ1) is 19.2. The van der Waals surface area contributed by atoms with Crippen molar-refractivity contribution < 1.29 is 9.18 Å². The van der Waals surface area contributed by atoms with Gasteiger partial charge in [-0.3, -0.25) is 9.78 Å². The second kappa shape index (κ2) is 7.84. The molecule has 0 aliphatic carbocycles.